The molecule has 0 saturated carbocycles. The number of aliphatic hydroxyl groups excluding tert-OH is 1. The number of pyridine rings is 1. The number of aromatic nitrogens is 1. The van der Waals surface area contributed by atoms with Gasteiger partial charge in [-0.25, -0.2) is 0 Å². The number of rotatable bonds is 7. The summed E-state index contributed by atoms with van der Waals surface area (Å²) in [5.41, 5.74) is 3.29. The predicted molar refractivity (Wildman–Crippen MR) is 127 cm³/mol. The number of aliphatic imine (C=N–C) groups is 1. The Morgan fingerprint density at radius 3 is 2.39 bits per heavy atom. The van der Waals surface area contributed by atoms with Gasteiger partial charge >= 0.3 is 0 Å². The van der Waals surface area contributed by atoms with Crippen molar-refractivity contribution >= 4 is 29.9 Å². The Kier molecular flexibility index (Phi) is 10.5. The molecule has 0 bridgehead atoms. The van der Waals surface area contributed by atoms with E-state index in [1.165, 1.54) is 5.56 Å². The lowest BCUT2D eigenvalue weighted by Gasteiger charge is -2.20. The van der Waals surface area contributed by atoms with E-state index in [2.05, 4.69) is 53.5 Å². The molecule has 1 unspecified atom stereocenters. The van der Waals surface area contributed by atoms with Crippen LogP contribution in [0.1, 0.15) is 50.6 Å². The second kappa shape index (κ2) is 12.0. The fourth-order valence-electron chi connectivity index (χ4n) is 2.69. The minimum absolute atomic E-state index is 0. The normalized spacial score (nSPS) is 12.8. The number of hydrogen-bond donors (Lipinski definition) is 3. The lowest BCUT2D eigenvalue weighted by atomic mass is 9.86. The van der Waals surface area contributed by atoms with Crippen LogP contribution in [0.15, 0.2) is 53.7 Å². The van der Waals surface area contributed by atoms with Crippen LogP contribution in [-0.4, -0.2) is 35.7 Å². The van der Waals surface area contributed by atoms with Gasteiger partial charge in [0.05, 0.1) is 12.6 Å². The van der Waals surface area contributed by atoms with Crippen LogP contribution in [0.2, 0.25) is 0 Å². The van der Waals surface area contributed by atoms with Gasteiger partial charge in [0, 0.05) is 31.4 Å². The molecular formula is C22H33IN4O. The Morgan fingerprint density at radius 2 is 1.82 bits per heavy atom. The van der Waals surface area contributed by atoms with E-state index in [1.807, 2.05) is 37.3 Å². The van der Waals surface area contributed by atoms with Gasteiger partial charge in [0.25, 0.3) is 0 Å². The fraction of sp³-hybridized carbons (Fsp3) is 0.455. The molecule has 1 aromatic heterocycles. The third kappa shape index (κ3) is 8.14. The van der Waals surface area contributed by atoms with Gasteiger partial charge in [0.1, 0.15) is 0 Å². The molecule has 154 valence electrons. The van der Waals surface area contributed by atoms with Crippen molar-refractivity contribution in [2.24, 2.45) is 4.99 Å². The zero-order valence-electron chi connectivity index (χ0n) is 17.3. The minimum Gasteiger partial charge on any atom is -0.386 e. The van der Waals surface area contributed by atoms with Gasteiger partial charge in [-0.2, -0.15) is 0 Å². The van der Waals surface area contributed by atoms with Crippen LogP contribution in [0.25, 0.3) is 0 Å². The van der Waals surface area contributed by atoms with E-state index < -0.39 is 6.10 Å². The zero-order valence-corrected chi connectivity index (χ0v) is 19.6. The van der Waals surface area contributed by atoms with Gasteiger partial charge in [-0.1, -0.05) is 51.1 Å². The Labute approximate surface area is 186 Å². The number of hydrogen-bond acceptors (Lipinski definition) is 3. The largest absolute Gasteiger partial charge is 0.386 e. The van der Waals surface area contributed by atoms with E-state index in [0.717, 1.165) is 30.8 Å². The number of nitrogens with one attached hydrogen (secondary N) is 2. The molecular weight excluding hydrogens is 463 g/mol. The average Bonchev–Trinajstić information content (AvgIpc) is 2.66. The Hall–Kier alpha value is -1.67. The third-order valence-electron chi connectivity index (χ3n) is 4.33. The Bertz CT molecular complexity index is 712. The van der Waals surface area contributed by atoms with E-state index in [0.29, 0.717) is 12.5 Å². The molecule has 3 N–H and O–H groups in total. The summed E-state index contributed by atoms with van der Waals surface area (Å²) in [6, 6.07) is 14.1. The molecule has 0 spiro atoms. The first-order valence-electron chi connectivity index (χ1n) is 9.60. The van der Waals surface area contributed by atoms with Gasteiger partial charge in [0.15, 0.2) is 5.96 Å². The van der Waals surface area contributed by atoms with Crippen LogP contribution in [0.5, 0.6) is 0 Å². The lowest BCUT2D eigenvalue weighted by molar-refractivity contribution is 0.187. The number of aliphatic hydroxyl groups is 1. The van der Waals surface area contributed by atoms with Gasteiger partial charge < -0.3 is 15.7 Å². The topological polar surface area (TPSA) is 69.5 Å². The molecule has 0 saturated heterocycles. The molecule has 28 heavy (non-hydrogen) atoms. The molecule has 0 amide bonds. The molecule has 5 nitrogen and oxygen atoms in total. The van der Waals surface area contributed by atoms with E-state index in [-0.39, 0.29) is 29.4 Å². The van der Waals surface area contributed by atoms with Crippen molar-refractivity contribution in [3.63, 3.8) is 0 Å². The second-order valence-corrected chi connectivity index (χ2v) is 7.61. The standard InChI is InChI=1S/C22H32N4O.HI/c1-5-23-21(25-15-13-19-8-6-7-14-24-19)26-16-20(27)17-9-11-18(12-10-17)22(2,3)4;/h6-12,14,20,27H,5,13,15-16H2,1-4H3,(H2,23,25,26);1H. The number of guanidine groups is 1. The number of benzene rings is 1. The summed E-state index contributed by atoms with van der Waals surface area (Å²) in [5.74, 6) is 0.707. The summed E-state index contributed by atoms with van der Waals surface area (Å²) in [4.78, 5) is 8.84. The van der Waals surface area contributed by atoms with Gasteiger partial charge in [-0.05, 0) is 35.6 Å². The maximum atomic E-state index is 10.5. The number of nitrogens with zero attached hydrogens (tertiary/aromatic N) is 2. The summed E-state index contributed by atoms with van der Waals surface area (Å²) in [6.45, 7) is 10.4. The highest BCUT2D eigenvalue weighted by Crippen LogP contribution is 2.24. The molecule has 2 aromatic rings. The molecule has 1 heterocycles. The molecule has 2 rings (SSSR count). The summed E-state index contributed by atoms with van der Waals surface area (Å²) >= 11 is 0. The Balaban J connectivity index is 0.00000392. The van der Waals surface area contributed by atoms with Gasteiger partial charge in [-0.15, -0.1) is 24.0 Å². The van der Waals surface area contributed by atoms with E-state index in [4.69, 9.17) is 0 Å². The van der Waals surface area contributed by atoms with E-state index >= 15 is 0 Å². The minimum atomic E-state index is -0.620. The van der Waals surface area contributed by atoms with Crippen molar-refractivity contribution in [3.8, 4) is 0 Å². The fourth-order valence-corrected chi connectivity index (χ4v) is 2.69. The van der Waals surface area contributed by atoms with Crippen molar-refractivity contribution in [3.05, 3.63) is 65.5 Å². The van der Waals surface area contributed by atoms with Crippen LogP contribution in [0, 0.1) is 0 Å². The van der Waals surface area contributed by atoms with E-state index in [1.54, 1.807) is 6.20 Å². The van der Waals surface area contributed by atoms with Crippen LogP contribution >= 0.6 is 24.0 Å². The van der Waals surface area contributed by atoms with Crippen LogP contribution < -0.4 is 10.6 Å². The lowest BCUT2D eigenvalue weighted by Crippen LogP contribution is -2.38. The first kappa shape index (κ1) is 24.4. The Morgan fingerprint density at radius 1 is 1.11 bits per heavy atom. The van der Waals surface area contributed by atoms with E-state index in [9.17, 15) is 5.11 Å². The van der Waals surface area contributed by atoms with Crippen molar-refractivity contribution in [1.29, 1.82) is 0 Å². The predicted octanol–water partition coefficient (Wildman–Crippen LogP) is 3.83. The highest BCUT2D eigenvalue weighted by molar-refractivity contribution is 14.0. The molecule has 0 fully saturated rings. The summed E-state index contributed by atoms with van der Waals surface area (Å²) in [6.07, 6.45) is 2.00. The highest BCUT2D eigenvalue weighted by Gasteiger charge is 2.14. The molecule has 0 aliphatic rings. The highest BCUT2D eigenvalue weighted by atomic mass is 127. The molecule has 1 atom stereocenters. The van der Waals surface area contributed by atoms with Crippen molar-refractivity contribution in [2.45, 2.75) is 45.6 Å². The monoisotopic (exact) mass is 496 g/mol. The quantitative estimate of drug-likeness (QED) is 0.310. The zero-order chi connectivity index (χ0) is 19.7. The SMILES string of the molecule is CCNC(=NCC(O)c1ccc(C(C)(C)C)cc1)NCCc1ccccn1.I. The van der Waals surface area contributed by atoms with Crippen LogP contribution in [0.3, 0.4) is 0 Å². The number of halogens is 1. The van der Waals surface area contributed by atoms with Crippen molar-refractivity contribution in [2.75, 3.05) is 19.6 Å². The third-order valence-corrected chi connectivity index (χ3v) is 4.33. The van der Waals surface area contributed by atoms with Gasteiger partial charge in [-0.3, -0.25) is 9.98 Å². The van der Waals surface area contributed by atoms with Crippen LogP contribution in [-0.2, 0) is 11.8 Å². The summed E-state index contributed by atoms with van der Waals surface area (Å²) < 4.78 is 0. The molecule has 6 heteroatoms. The second-order valence-electron chi connectivity index (χ2n) is 7.61. The smallest absolute Gasteiger partial charge is 0.191 e. The van der Waals surface area contributed by atoms with Crippen molar-refractivity contribution < 1.29 is 5.11 Å². The van der Waals surface area contributed by atoms with Crippen molar-refractivity contribution in [1.82, 2.24) is 15.6 Å². The summed E-state index contributed by atoms with van der Waals surface area (Å²) in [5, 5.41) is 17.0. The molecule has 0 aliphatic heterocycles. The maximum Gasteiger partial charge on any atom is 0.191 e. The van der Waals surface area contributed by atoms with Crippen LogP contribution in [0.4, 0.5) is 0 Å². The summed E-state index contributed by atoms with van der Waals surface area (Å²) in [7, 11) is 0. The van der Waals surface area contributed by atoms with Gasteiger partial charge in [0.2, 0.25) is 0 Å². The first-order valence-corrected chi connectivity index (χ1v) is 9.60. The molecule has 0 aliphatic carbocycles. The molecule has 0 radical (unpaired) electrons. The maximum absolute atomic E-state index is 10.5. The first-order chi connectivity index (χ1) is 12.9. The molecule has 1 aromatic carbocycles. The average molecular weight is 496 g/mol.